The van der Waals surface area contributed by atoms with Gasteiger partial charge in [0.1, 0.15) is 0 Å². The van der Waals surface area contributed by atoms with Crippen molar-refractivity contribution >= 4 is 18.4 Å². The van der Waals surface area contributed by atoms with Crippen LogP contribution in [0.25, 0.3) is 6.08 Å². The number of methoxy groups -OCH3 is 2. The molecule has 0 unspecified atom stereocenters. The SMILES string of the molecule is COc1ccc(C=C2N=COC2=O)cc1OC. The first-order chi connectivity index (χ1) is 8.24. The van der Waals surface area contributed by atoms with Crippen molar-refractivity contribution in [3.8, 4) is 11.5 Å². The number of hydrogen-bond donors (Lipinski definition) is 0. The highest BCUT2D eigenvalue weighted by Crippen LogP contribution is 2.28. The summed E-state index contributed by atoms with van der Waals surface area (Å²) in [7, 11) is 3.12. The van der Waals surface area contributed by atoms with Gasteiger partial charge in [-0.3, -0.25) is 0 Å². The number of carbonyl (C=O) groups excluding carboxylic acids is 1. The quantitative estimate of drug-likeness (QED) is 0.588. The zero-order valence-corrected chi connectivity index (χ0v) is 9.47. The summed E-state index contributed by atoms with van der Waals surface area (Å²) in [5.41, 5.74) is 1.05. The van der Waals surface area contributed by atoms with Crippen molar-refractivity contribution in [2.75, 3.05) is 14.2 Å². The summed E-state index contributed by atoms with van der Waals surface area (Å²) in [6.45, 7) is 0. The fourth-order valence-electron chi connectivity index (χ4n) is 1.44. The molecule has 0 aliphatic carbocycles. The van der Waals surface area contributed by atoms with Crippen LogP contribution in [-0.2, 0) is 9.53 Å². The molecule has 1 aliphatic rings. The van der Waals surface area contributed by atoms with E-state index in [1.807, 2.05) is 0 Å². The summed E-state index contributed by atoms with van der Waals surface area (Å²) < 4.78 is 14.9. The summed E-state index contributed by atoms with van der Waals surface area (Å²) in [4.78, 5) is 15.0. The van der Waals surface area contributed by atoms with Crippen LogP contribution in [0.3, 0.4) is 0 Å². The average molecular weight is 233 g/mol. The summed E-state index contributed by atoms with van der Waals surface area (Å²) in [5.74, 6) is 0.768. The highest BCUT2D eigenvalue weighted by Gasteiger charge is 2.15. The number of esters is 1. The predicted octanol–water partition coefficient (Wildman–Crippen LogP) is 1.63. The molecule has 0 fully saturated rings. The molecule has 88 valence electrons. The number of cyclic esters (lactones) is 1. The maximum absolute atomic E-state index is 11.2. The molecule has 0 radical (unpaired) electrons. The minimum atomic E-state index is -0.459. The highest BCUT2D eigenvalue weighted by atomic mass is 16.5. The summed E-state index contributed by atoms with van der Waals surface area (Å²) >= 11 is 0. The van der Waals surface area contributed by atoms with Crippen molar-refractivity contribution in [2.45, 2.75) is 0 Å². The monoisotopic (exact) mass is 233 g/mol. The molecule has 0 amide bonds. The molecule has 0 atom stereocenters. The minimum Gasteiger partial charge on any atom is -0.493 e. The van der Waals surface area contributed by atoms with Crippen LogP contribution in [0.1, 0.15) is 5.56 Å². The number of hydrogen-bond acceptors (Lipinski definition) is 5. The van der Waals surface area contributed by atoms with Crippen molar-refractivity contribution in [2.24, 2.45) is 4.99 Å². The number of carbonyl (C=O) groups is 1. The van der Waals surface area contributed by atoms with Gasteiger partial charge in [-0.1, -0.05) is 6.07 Å². The molecule has 2 rings (SSSR count). The number of ether oxygens (including phenoxy) is 3. The molecule has 17 heavy (non-hydrogen) atoms. The number of nitrogens with zero attached hydrogens (tertiary/aromatic N) is 1. The van der Waals surface area contributed by atoms with E-state index in [0.717, 1.165) is 12.0 Å². The molecule has 5 nitrogen and oxygen atoms in total. The maximum Gasteiger partial charge on any atom is 0.363 e. The fourth-order valence-corrected chi connectivity index (χ4v) is 1.44. The Morgan fingerprint density at radius 3 is 2.59 bits per heavy atom. The Balaban J connectivity index is 2.34. The molecule has 0 spiro atoms. The van der Waals surface area contributed by atoms with Gasteiger partial charge in [0.05, 0.1) is 14.2 Å². The van der Waals surface area contributed by atoms with E-state index in [1.165, 1.54) is 0 Å². The van der Waals surface area contributed by atoms with E-state index in [1.54, 1.807) is 38.5 Å². The zero-order valence-electron chi connectivity index (χ0n) is 9.47. The van der Waals surface area contributed by atoms with Gasteiger partial charge in [-0.25, -0.2) is 9.79 Å². The van der Waals surface area contributed by atoms with Gasteiger partial charge in [0, 0.05) is 0 Å². The topological polar surface area (TPSA) is 57.1 Å². The first-order valence-electron chi connectivity index (χ1n) is 4.92. The van der Waals surface area contributed by atoms with Crippen LogP contribution in [0, 0.1) is 0 Å². The molecule has 0 bridgehead atoms. The normalized spacial score (nSPS) is 16.1. The van der Waals surface area contributed by atoms with Gasteiger partial charge in [0.15, 0.2) is 23.6 Å². The van der Waals surface area contributed by atoms with Crippen LogP contribution < -0.4 is 9.47 Å². The molecule has 1 aromatic rings. The van der Waals surface area contributed by atoms with Gasteiger partial charge in [-0.05, 0) is 23.8 Å². The Labute approximate surface area is 98.3 Å². The molecular weight excluding hydrogens is 222 g/mol. The van der Waals surface area contributed by atoms with Crippen LogP contribution in [0.4, 0.5) is 0 Å². The lowest BCUT2D eigenvalue weighted by atomic mass is 10.1. The van der Waals surface area contributed by atoms with E-state index >= 15 is 0 Å². The molecule has 0 saturated carbocycles. The molecule has 0 aromatic heterocycles. The molecule has 1 heterocycles. The second kappa shape index (κ2) is 4.69. The Morgan fingerprint density at radius 1 is 1.24 bits per heavy atom. The van der Waals surface area contributed by atoms with Gasteiger partial charge in [0.2, 0.25) is 0 Å². The van der Waals surface area contributed by atoms with Gasteiger partial charge < -0.3 is 14.2 Å². The van der Waals surface area contributed by atoms with E-state index in [-0.39, 0.29) is 5.70 Å². The zero-order chi connectivity index (χ0) is 12.3. The third-order valence-corrected chi connectivity index (χ3v) is 2.27. The van der Waals surface area contributed by atoms with E-state index < -0.39 is 5.97 Å². The average Bonchev–Trinajstić information content (AvgIpc) is 2.75. The van der Waals surface area contributed by atoms with Crippen LogP contribution in [-0.4, -0.2) is 26.6 Å². The standard InChI is InChI=1S/C12H11NO4/c1-15-10-4-3-8(6-11(10)16-2)5-9-12(14)17-7-13-9/h3-7H,1-2H3. The first-order valence-corrected chi connectivity index (χ1v) is 4.92. The second-order valence-electron chi connectivity index (χ2n) is 3.28. The van der Waals surface area contributed by atoms with Crippen LogP contribution in [0.15, 0.2) is 28.9 Å². The molecule has 0 saturated heterocycles. The summed E-state index contributed by atoms with van der Waals surface area (Å²) in [6.07, 6.45) is 2.74. The third-order valence-electron chi connectivity index (χ3n) is 2.27. The highest BCUT2D eigenvalue weighted by molar-refractivity contribution is 6.01. The summed E-state index contributed by atoms with van der Waals surface area (Å²) in [5, 5.41) is 0. The fraction of sp³-hybridized carbons (Fsp3) is 0.167. The number of benzene rings is 1. The molecular formula is C12H11NO4. The molecule has 1 aromatic carbocycles. The molecule has 1 aliphatic heterocycles. The lowest BCUT2D eigenvalue weighted by molar-refractivity contribution is -0.129. The largest absolute Gasteiger partial charge is 0.493 e. The van der Waals surface area contributed by atoms with Gasteiger partial charge >= 0.3 is 5.97 Å². The van der Waals surface area contributed by atoms with Crippen molar-refractivity contribution in [1.82, 2.24) is 0 Å². The number of rotatable bonds is 3. The van der Waals surface area contributed by atoms with Crippen LogP contribution in [0.5, 0.6) is 11.5 Å². The van der Waals surface area contributed by atoms with Crippen LogP contribution >= 0.6 is 0 Å². The lowest BCUT2D eigenvalue weighted by Gasteiger charge is -2.07. The predicted molar refractivity (Wildman–Crippen MR) is 62.1 cm³/mol. The maximum atomic E-state index is 11.2. The van der Waals surface area contributed by atoms with Crippen molar-refractivity contribution in [3.05, 3.63) is 29.5 Å². The first kappa shape index (κ1) is 11.2. The van der Waals surface area contributed by atoms with E-state index in [9.17, 15) is 4.79 Å². The van der Waals surface area contributed by atoms with Crippen molar-refractivity contribution in [1.29, 1.82) is 0 Å². The van der Waals surface area contributed by atoms with Gasteiger partial charge in [0.25, 0.3) is 0 Å². The van der Waals surface area contributed by atoms with Gasteiger partial charge in [-0.15, -0.1) is 0 Å². The Bertz CT molecular complexity index is 505. The van der Waals surface area contributed by atoms with Crippen molar-refractivity contribution < 1.29 is 19.0 Å². The van der Waals surface area contributed by atoms with E-state index in [4.69, 9.17) is 9.47 Å². The Morgan fingerprint density at radius 2 is 2.00 bits per heavy atom. The van der Waals surface area contributed by atoms with E-state index in [0.29, 0.717) is 11.5 Å². The van der Waals surface area contributed by atoms with Crippen LogP contribution in [0.2, 0.25) is 0 Å². The molecule has 0 N–H and O–H groups in total. The molecule has 5 heteroatoms. The second-order valence-corrected chi connectivity index (χ2v) is 3.28. The Kier molecular flexibility index (Phi) is 3.09. The van der Waals surface area contributed by atoms with E-state index in [2.05, 4.69) is 9.73 Å². The minimum absolute atomic E-state index is 0.261. The smallest absolute Gasteiger partial charge is 0.363 e. The third kappa shape index (κ3) is 2.28. The Hall–Kier alpha value is -2.30. The summed E-state index contributed by atoms with van der Waals surface area (Å²) in [6, 6.07) is 5.32. The van der Waals surface area contributed by atoms with Gasteiger partial charge in [-0.2, -0.15) is 0 Å². The lowest BCUT2D eigenvalue weighted by Crippen LogP contribution is -1.96. The van der Waals surface area contributed by atoms with Crippen molar-refractivity contribution in [3.63, 3.8) is 0 Å². The number of aliphatic imine (C=N–C) groups is 1.